The first-order chi connectivity index (χ1) is 14.1. The van der Waals surface area contributed by atoms with Gasteiger partial charge in [-0.3, -0.25) is 9.69 Å². The van der Waals surface area contributed by atoms with Gasteiger partial charge in [0.2, 0.25) is 0 Å². The van der Waals surface area contributed by atoms with Crippen LogP contribution in [0.15, 0.2) is 60.7 Å². The topological polar surface area (TPSA) is 105 Å². The summed E-state index contributed by atoms with van der Waals surface area (Å²) in [5.41, 5.74) is 1.55. The number of carboxylic acids is 1. The Morgan fingerprint density at radius 1 is 0.931 bits per heavy atom. The Balaban J connectivity index is 1.69. The molecule has 1 fully saturated rings. The minimum atomic E-state index is -1.33. The lowest BCUT2D eigenvalue weighted by Gasteiger charge is -2.37. The fourth-order valence-electron chi connectivity index (χ4n) is 3.08. The maximum Gasteiger partial charge on any atom is 0.410 e. The van der Waals surface area contributed by atoms with Gasteiger partial charge in [-0.15, -0.1) is 0 Å². The Morgan fingerprint density at radius 2 is 1.48 bits per heavy atom. The summed E-state index contributed by atoms with van der Waals surface area (Å²) >= 11 is 0. The summed E-state index contributed by atoms with van der Waals surface area (Å²) in [6, 6.07) is 15.5. The second kappa shape index (κ2) is 9.70. The van der Waals surface area contributed by atoms with E-state index < -0.39 is 30.1 Å². The molecular formula is C21H22N2O6. The first kappa shape index (κ1) is 20.3. The molecular weight excluding hydrogens is 376 g/mol. The van der Waals surface area contributed by atoms with Crippen molar-refractivity contribution in [2.75, 3.05) is 13.1 Å². The van der Waals surface area contributed by atoms with E-state index in [1.54, 1.807) is 36.4 Å². The van der Waals surface area contributed by atoms with Crippen LogP contribution in [0.1, 0.15) is 11.1 Å². The van der Waals surface area contributed by atoms with Crippen molar-refractivity contribution in [3.8, 4) is 0 Å². The van der Waals surface area contributed by atoms with Crippen molar-refractivity contribution in [1.29, 1.82) is 0 Å². The maximum atomic E-state index is 12.7. The van der Waals surface area contributed by atoms with E-state index in [1.807, 2.05) is 24.3 Å². The van der Waals surface area contributed by atoms with Crippen molar-refractivity contribution in [3.05, 3.63) is 71.8 Å². The van der Waals surface area contributed by atoms with Crippen LogP contribution in [-0.2, 0) is 32.3 Å². The lowest BCUT2D eigenvalue weighted by molar-refractivity contribution is -0.159. The summed E-state index contributed by atoms with van der Waals surface area (Å²) in [5.74, 6) is -2.04. The Hall–Kier alpha value is -3.39. The van der Waals surface area contributed by atoms with Gasteiger partial charge >= 0.3 is 18.0 Å². The molecule has 0 bridgehead atoms. The minimum Gasteiger partial charge on any atom is -0.480 e. The van der Waals surface area contributed by atoms with Gasteiger partial charge in [0, 0.05) is 13.1 Å². The highest BCUT2D eigenvalue weighted by atomic mass is 16.6. The van der Waals surface area contributed by atoms with Crippen LogP contribution in [0.25, 0.3) is 0 Å². The predicted octanol–water partition coefficient (Wildman–Crippen LogP) is 1.79. The zero-order chi connectivity index (χ0) is 20.6. The van der Waals surface area contributed by atoms with Crippen molar-refractivity contribution in [1.82, 2.24) is 10.2 Å². The zero-order valence-corrected chi connectivity index (χ0v) is 15.7. The molecule has 8 heteroatoms. The SMILES string of the molecule is O=C(O)[C@H]1NCCN(C(=O)OCc2ccccc2)[C@@H]1C(=O)OCc1ccccc1. The molecule has 0 aliphatic carbocycles. The number of ether oxygens (including phenoxy) is 2. The fourth-order valence-corrected chi connectivity index (χ4v) is 3.08. The number of esters is 1. The number of nitrogens with zero attached hydrogens (tertiary/aromatic N) is 1. The summed E-state index contributed by atoms with van der Waals surface area (Å²) < 4.78 is 10.6. The van der Waals surface area contributed by atoms with Gasteiger partial charge in [0.25, 0.3) is 0 Å². The fraction of sp³-hybridized carbons (Fsp3) is 0.286. The van der Waals surface area contributed by atoms with Crippen molar-refractivity contribution < 1.29 is 29.0 Å². The minimum absolute atomic E-state index is 0.0184. The standard InChI is InChI=1S/C21H22N2O6/c24-19(25)17-18(20(26)28-13-15-7-3-1-4-8-15)23(12-11-22-17)21(27)29-14-16-9-5-2-6-10-16/h1-10,17-18,22H,11-14H2,(H,24,25)/t17-,18-/m0/s1. The molecule has 1 amide bonds. The molecule has 1 saturated heterocycles. The van der Waals surface area contributed by atoms with Crippen LogP contribution in [-0.4, -0.2) is 53.2 Å². The molecule has 2 aromatic rings. The van der Waals surface area contributed by atoms with Crippen LogP contribution in [0.2, 0.25) is 0 Å². The molecule has 1 aliphatic heterocycles. The third kappa shape index (κ3) is 5.32. The van der Waals surface area contributed by atoms with Gasteiger partial charge in [-0.05, 0) is 11.1 Å². The highest BCUT2D eigenvalue weighted by molar-refractivity contribution is 5.89. The number of hydrogen-bond acceptors (Lipinski definition) is 6. The number of carbonyl (C=O) groups excluding carboxylic acids is 2. The molecule has 0 radical (unpaired) electrons. The van der Waals surface area contributed by atoms with Crippen LogP contribution in [0, 0.1) is 0 Å². The van der Waals surface area contributed by atoms with Gasteiger partial charge < -0.3 is 19.9 Å². The second-order valence-electron chi connectivity index (χ2n) is 6.54. The Morgan fingerprint density at radius 3 is 2.03 bits per heavy atom. The molecule has 2 aromatic carbocycles. The number of rotatable bonds is 6. The van der Waals surface area contributed by atoms with Gasteiger partial charge in [0.15, 0.2) is 6.04 Å². The van der Waals surface area contributed by atoms with E-state index in [1.165, 1.54) is 0 Å². The molecule has 152 valence electrons. The van der Waals surface area contributed by atoms with Crippen LogP contribution in [0.5, 0.6) is 0 Å². The Labute approximate surface area is 168 Å². The second-order valence-corrected chi connectivity index (χ2v) is 6.54. The predicted molar refractivity (Wildman–Crippen MR) is 103 cm³/mol. The summed E-state index contributed by atoms with van der Waals surface area (Å²) in [5, 5.41) is 12.3. The monoisotopic (exact) mass is 398 g/mol. The van der Waals surface area contributed by atoms with E-state index in [-0.39, 0.29) is 26.3 Å². The first-order valence-corrected chi connectivity index (χ1v) is 9.20. The summed E-state index contributed by atoms with van der Waals surface area (Å²) in [6.45, 7) is 0.352. The molecule has 2 N–H and O–H groups in total. The van der Waals surface area contributed by atoms with E-state index in [2.05, 4.69) is 5.32 Å². The average Bonchev–Trinajstić information content (AvgIpc) is 2.76. The van der Waals surface area contributed by atoms with Crippen molar-refractivity contribution in [3.63, 3.8) is 0 Å². The lowest BCUT2D eigenvalue weighted by Crippen LogP contribution is -2.65. The highest BCUT2D eigenvalue weighted by Crippen LogP contribution is 2.16. The summed E-state index contributed by atoms with van der Waals surface area (Å²) in [7, 11) is 0. The molecule has 0 saturated carbocycles. The van der Waals surface area contributed by atoms with E-state index in [0.717, 1.165) is 16.0 Å². The van der Waals surface area contributed by atoms with Crippen LogP contribution >= 0.6 is 0 Å². The van der Waals surface area contributed by atoms with E-state index in [9.17, 15) is 19.5 Å². The number of piperazine rings is 1. The highest BCUT2D eigenvalue weighted by Gasteiger charge is 2.44. The zero-order valence-electron chi connectivity index (χ0n) is 15.7. The maximum absolute atomic E-state index is 12.7. The lowest BCUT2D eigenvalue weighted by atomic mass is 10.0. The number of hydrogen-bond donors (Lipinski definition) is 2. The quantitative estimate of drug-likeness (QED) is 0.715. The van der Waals surface area contributed by atoms with Crippen LogP contribution in [0.4, 0.5) is 4.79 Å². The number of carbonyl (C=O) groups is 3. The number of carboxylic acid groups (broad SMARTS) is 1. The molecule has 0 spiro atoms. The summed E-state index contributed by atoms with van der Waals surface area (Å²) in [4.78, 5) is 38.1. The van der Waals surface area contributed by atoms with Crippen LogP contribution in [0.3, 0.4) is 0 Å². The molecule has 1 aliphatic rings. The molecule has 8 nitrogen and oxygen atoms in total. The molecule has 0 aromatic heterocycles. The molecule has 1 heterocycles. The van der Waals surface area contributed by atoms with Gasteiger partial charge in [0.1, 0.15) is 19.3 Å². The van der Waals surface area contributed by atoms with Crippen molar-refractivity contribution >= 4 is 18.0 Å². The van der Waals surface area contributed by atoms with Crippen LogP contribution < -0.4 is 5.32 Å². The Bertz CT molecular complexity index is 843. The number of benzene rings is 2. The van der Waals surface area contributed by atoms with E-state index in [4.69, 9.17) is 9.47 Å². The largest absolute Gasteiger partial charge is 0.480 e. The molecule has 29 heavy (non-hydrogen) atoms. The third-order valence-corrected chi connectivity index (χ3v) is 4.54. The number of nitrogens with one attached hydrogen (secondary N) is 1. The summed E-state index contributed by atoms with van der Waals surface area (Å²) in [6.07, 6.45) is -0.761. The van der Waals surface area contributed by atoms with E-state index in [0.29, 0.717) is 0 Å². The van der Waals surface area contributed by atoms with Gasteiger partial charge in [-0.25, -0.2) is 9.59 Å². The molecule has 3 rings (SSSR count). The van der Waals surface area contributed by atoms with Gasteiger partial charge in [0.05, 0.1) is 0 Å². The smallest absolute Gasteiger partial charge is 0.410 e. The van der Waals surface area contributed by atoms with E-state index >= 15 is 0 Å². The molecule has 0 unspecified atom stereocenters. The van der Waals surface area contributed by atoms with Crippen molar-refractivity contribution in [2.24, 2.45) is 0 Å². The Kier molecular flexibility index (Phi) is 6.80. The average molecular weight is 398 g/mol. The van der Waals surface area contributed by atoms with Gasteiger partial charge in [-0.2, -0.15) is 0 Å². The molecule has 2 atom stereocenters. The van der Waals surface area contributed by atoms with Crippen molar-refractivity contribution in [2.45, 2.75) is 25.3 Å². The van der Waals surface area contributed by atoms with Gasteiger partial charge in [-0.1, -0.05) is 60.7 Å². The normalized spacial score (nSPS) is 18.7. The first-order valence-electron chi connectivity index (χ1n) is 9.20. The number of aliphatic carboxylic acids is 1. The third-order valence-electron chi connectivity index (χ3n) is 4.54. The number of amides is 1.